The maximum absolute atomic E-state index is 10.7. The van der Waals surface area contributed by atoms with E-state index in [-0.39, 0.29) is 33.0 Å². The molecule has 0 heterocycles. The third kappa shape index (κ3) is 8.07. The summed E-state index contributed by atoms with van der Waals surface area (Å²) < 4.78 is 14.7. The van der Waals surface area contributed by atoms with Crippen LogP contribution in [0.5, 0.6) is 0 Å². The first-order valence-corrected chi connectivity index (χ1v) is 4.48. The fourth-order valence-corrected chi connectivity index (χ4v) is 0.722. The van der Waals surface area contributed by atoms with Crippen molar-refractivity contribution >= 4 is 5.97 Å². The Morgan fingerprint density at radius 1 is 1.27 bits per heavy atom. The van der Waals surface area contributed by atoms with E-state index in [1.54, 1.807) is 0 Å². The Labute approximate surface area is 88.1 Å². The maximum atomic E-state index is 10.7. The summed E-state index contributed by atoms with van der Waals surface area (Å²) in [5.41, 5.74) is 0. The van der Waals surface area contributed by atoms with Crippen LogP contribution >= 0.6 is 0 Å². The lowest BCUT2D eigenvalue weighted by Crippen LogP contribution is -2.27. The minimum absolute atomic E-state index is 0.0712. The van der Waals surface area contributed by atoms with Gasteiger partial charge in [0.05, 0.1) is 26.4 Å². The van der Waals surface area contributed by atoms with Crippen LogP contribution in [0, 0.1) is 0 Å². The molecule has 6 heteroatoms. The van der Waals surface area contributed by atoms with Gasteiger partial charge in [0.25, 0.3) is 0 Å². The number of aliphatic hydroxyl groups excluding tert-OH is 2. The Kier molecular flexibility index (Phi) is 8.99. The molecule has 15 heavy (non-hydrogen) atoms. The quantitative estimate of drug-likeness (QED) is 0.296. The minimum atomic E-state index is -0.784. The summed E-state index contributed by atoms with van der Waals surface area (Å²) in [5, 5.41) is 17.0. The van der Waals surface area contributed by atoms with Gasteiger partial charge in [0.15, 0.2) is 6.29 Å². The van der Waals surface area contributed by atoms with E-state index in [2.05, 4.69) is 11.3 Å². The number of carbonyl (C=O) groups excluding carboxylic acids is 1. The first-order chi connectivity index (χ1) is 7.24. The molecular formula is C9H16O6. The van der Waals surface area contributed by atoms with E-state index >= 15 is 0 Å². The molecule has 0 spiro atoms. The molecule has 0 saturated carbocycles. The summed E-state index contributed by atoms with van der Waals surface area (Å²) in [5.74, 6) is -0.583. The standard InChI is InChI=1S/C9H16O6/c1-2-8(12)15-7-9(13-5-3-10)14-6-4-11/h2,9-11H,1,3-7H2. The van der Waals surface area contributed by atoms with Crippen LogP contribution in [-0.4, -0.2) is 55.5 Å². The number of aliphatic hydroxyl groups is 2. The van der Waals surface area contributed by atoms with E-state index in [1.165, 1.54) is 0 Å². The molecule has 88 valence electrons. The highest BCUT2D eigenvalue weighted by molar-refractivity contribution is 5.81. The van der Waals surface area contributed by atoms with Gasteiger partial charge in [-0.15, -0.1) is 0 Å². The number of hydrogen-bond donors (Lipinski definition) is 2. The van der Waals surface area contributed by atoms with Gasteiger partial charge in [-0.3, -0.25) is 0 Å². The fraction of sp³-hybridized carbons (Fsp3) is 0.667. The summed E-state index contributed by atoms with van der Waals surface area (Å²) in [6.07, 6.45) is 0.239. The molecule has 0 aromatic heterocycles. The minimum Gasteiger partial charge on any atom is -0.457 e. The monoisotopic (exact) mass is 220 g/mol. The summed E-state index contributed by atoms with van der Waals surface area (Å²) in [6.45, 7) is 2.95. The molecule has 0 aromatic carbocycles. The van der Waals surface area contributed by atoms with Gasteiger partial charge >= 0.3 is 5.97 Å². The van der Waals surface area contributed by atoms with Crippen LogP contribution in [-0.2, 0) is 19.0 Å². The average molecular weight is 220 g/mol. The second-order valence-electron chi connectivity index (χ2n) is 2.45. The van der Waals surface area contributed by atoms with E-state index in [0.717, 1.165) is 6.08 Å². The van der Waals surface area contributed by atoms with Gasteiger partial charge in [0.1, 0.15) is 6.61 Å². The van der Waals surface area contributed by atoms with Gasteiger partial charge in [-0.2, -0.15) is 0 Å². The third-order valence-electron chi connectivity index (χ3n) is 1.32. The van der Waals surface area contributed by atoms with Crippen LogP contribution in [0.25, 0.3) is 0 Å². The summed E-state index contributed by atoms with van der Waals surface area (Å²) in [4.78, 5) is 10.7. The van der Waals surface area contributed by atoms with Gasteiger partial charge in [0, 0.05) is 6.08 Å². The summed E-state index contributed by atoms with van der Waals surface area (Å²) >= 11 is 0. The molecule has 0 aromatic rings. The van der Waals surface area contributed by atoms with Crippen molar-refractivity contribution in [2.45, 2.75) is 6.29 Å². The first-order valence-electron chi connectivity index (χ1n) is 4.48. The van der Waals surface area contributed by atoms with Crippen molar-refractivity contribution in [3.63, 3.8) is 0 Å². The lowest BCUT2D eigenvalue weighted by Gasteiger charge is -2.16. The highest BCUT2D eigenvalue weighted by atomic mass is 16.7. The molecule has 0 rings (SSSR count). The molecular weight excluding hydrogens is 204 g/mol. The Bertz CT molecular complexity index is 173. The molecule has 0 radical (unpaired) electrons. The first kappa shape index (κ1) is 14.1. The van der Waals surface area contributed by atoms with Crippen molar-refractivity contribution in [1.29, 1.82) is 0 Å². The van der Waals surface area contributed by atoms with Gasteiger partial charge < -0.3 is 24.4 Å². The zero-order chi connectivity index (χ0) is 11.5. The average Bonchev–Trinajstić information content (AvgIpc) is 2.27. The zero-order valence-corrected chi connectivity index (χ0v) is 8.42. The lowest BCUT2D eigenvalue weighted by atomic mass is 10.6. The molecule has 0 aliphatic rings. The molecule has 6 nitrogen and oxygen atoms in total. The Balaban J connectivity index is 3.77. The zero-order valence-electron chi connectivity index (χ0n) is 8.42. The highest BCUT2D eigenvalue weighted by Gasteiger charge is 2.11. The van der Waals surface area contributed by atoms with Gasteiger partial charge in [0.2, 0.25) is 0 Å². The summed E-state index contributed by atoms with van der Waals surface area (Å²) in [6, 6.07) is 0. The van der Waals surface area contributed by atoms with Crippen LogP contribution in [0.2, 0.25) is 0 Å². The lowest BCUT2D eigenvalue weighted by molar-refractivity contribution is -0.184. The molecule has 0 unspecified atom stereocenters. The van der Waals surface area contributed by atoms with Crippen LogP contribution in [0.4, 0.5) is 0 Å². The Hall–Kier alpha value is -0.950. The number of rotatable bonds is 9. The van der Waals surface area contributed by atoms with E-state index in [9.17, 15) is 4.79 Å². The van der Waals surface area contributed by atoms with Crippen LogP contribution < -0.4 is 0 Å². The fourth-order valence-electron chi connectivity index (χ4n) is 0.722. The van der Waals surface area contributed by atoms with Gasteiger partial charge in [-0.1, -0.05) is 6.58 Å². The number of carbonyl (C=O) groups is 1. The number of ether oxygens (including phenoxy) is 3. The van der Waals surface area contributed by atoms with Crippen LogP contribution in [0.15, 0.2) is 12.7 Å². The normalized spacial score (nSPS) is 10.3. The molecule has 0 amide bonds. The van der Waals surface area contributed by atoms with E-state index < -0.39 is 12.3 Å². The maximum Gasteiger partial charge on any atom is 0.330 e. The van der Waals surface area contributed by atoms with E-state index in [0.29, 0.717) is 0 Å². The highest BCUT2D eigenvalue weighted by Crippen LogP contribution is 1.96. The number of esters is 1. The van der Waals surface area contributed by atoms with Crippen LogP contribution in [0.3, 0.4) is 0 Å². The molecule has 0 fully saturated rings. The predicted octanol–water partition coefficient (Wildman–Crippen LogP) is -0.941. The molecule has 0 aliphatic carbocycles. The smallest absolute Gasteiger partial charge is 0.330 e. The van der Waals surface area contributed by atoms with E-state index in [4.69, 9.17) is 19.7 Å². The van der Waals surface area contributed by atoms with E-state index in [1.807, 2.05) is 0 Å². The van der Waals surface area contributed by atoms with Crippen molar-refractivity contribution in [2.24, 2.45) is 0 Å². The molecule has 2 N–H and O–H groups in total. The third-order valence-corrected chi connectivity index (χ3v) is 1.32. The van der Waals surface area contributed by atoms with Crippen molar-refractivity contribution in [2.75, 3.05) is 33.0 Å². The van der Waals surface area contributed by atoms with Crippen molar-refractivity contribution in [3.05, 3.63) is 12.7 Å². The molecule has 0 atom stereocenters. The van der Waals surface area contributed by atoms with Crippen molar-refractivity contribution in [1.82, 2.24) is 0 Å². The van der Waals surface area contributed by atoms with Gasteiger partial charge in [-0.05, 0) is 0 Å². The molecule has 0 aliphatic heterocycles. The Morgan fingerprint density at radius 2 is 1.80 bits per heavy atom. The predicted molar refractivity (Wildman–Crippen MR) is 51.0 cm³/mol. The Morgan fingerprint density at radius 3 is 2.20 bits per heavy atom. The van der Waals surface area contributed by atoms with Gasteiger partial charge in [-0.25, -0.2) is 4.79 Å². The van der Waals surface area contributed by atoms with Crippen LogP contribution in [0.1, 0.15) is 0 Å². The van der Waals surface area contributed by atoms with Crippen molar-refractivity contribution in [3.8, 4) is 0 Å². The summed E-state index contributed by atoms with van der Waals surface area (Å²) in [7, 11) is 0. The molecule has 0 saturated heterocycles. The molecule has 0 bridgehead atoms. The number of hydrogen-bond acceptors (Lipinski definition) is 6. The largest absolute Gasteiger partial charge is 0.457 e. The topological polar surface area (TPSA) is 85.2 Å². The SMILES string of the molecule is C=CC(=O)OCC(OCCO)OCCO. The van der Waals surface area contributed by atoms with Crippen molar-refractivity contribution < 1.29 is 29.2 Å². The second kappa shape index (κ2) is 9.60. The second-order valence-corrected chi connectivity index (χ2v) is 2.45.